The summed E-state index contributed by atoms with van der Waals surface area (Å²) in [7, 11) is 0. The molecule has 2 rings (SSSR count). The fraction of sp³-hybridized carbons (Fsp3) is 0.882. The van der Waals surface area contributed by atoms with Gasteiger partial charge in [0.1, 0.15) is 5.54 Å². The molecule has 1 aliphatic heterocycles. The van der Waals surface area contributed by atoms with Crippen LogP contribution in [0.3, 0.4) is 0 Å². The van der Waals surface area contributed by atoms with Gasteiger partial charge in [-0.2, -0.15) is 11.8 Å². The summed E-state index contributed by atoms with van der Waals surface area (Å²) in [5.41, 5.74) is -0.676. The first kappa shape index (κ1) is 21.6. The molecule has 1 heterocycles. The van der Waals surface area contributed by atoms with Gasteiger partial charge in [0.2, 0.25) is 11.8 Å². The van der Waals surface area contributed by atoms with Crippen molar-refractivity contribution < 1.29 is 9.59 Å². The highest BCUT2D eigenvalue weighted by Gasteiger charge is 2.40. The number of hydrogen-bond acceptors (Lipinski definition) is 4. The Morgan fingerprint density at radius 3 is 2.62 bits per heavy atom. The van der Waals surface area contributed by atoms with Crippen molar-refractivity contribution in [3.05, 3.63) is 0 Å². The van der Waals surface area contributed by atoms with Crippen LogP contribution in [0.2, 0.25) is 0 Å². The Kier molecular flexibility index (Phi) is 10.1. The fourth-order valence-corrected chi connectivity index (χ4v) is 4.35. The third-order valence-corrected chi connectivity index (χ3v) is 5.90. The van der Waals surface area contributed by atoms with Crippen LogP contribution in [0.1, 0.15) is 58.3 Å². The van der Waals surface area contributed by atoms with E-state index >= 15 is 0 Å². The molecule has 0 aromatic carbocycles. The molecule has 1 saturated carbocycles. The van der Waals surface area contributed by atoms with E-state index in [2.05, 4.69) is 22.9 Å². The second kappa shape index (κ2) is 11.2. The molecule has 24 heavy (non-hydrogen) atoms. The minimum Gasteiger partial charge on any atom is -0.354 e. The zero-order valence-corrected chi connectivity index (χ0v) is 16.3. The third kappa shape index (κ3) is 6.45. The van der Waals surface area contributed by atoms with Crippen LogP contribution >= 0.6 is 24.2 Å². The SMILES string of the molecule is CCCCNC(=O)C1(NC(=O)CC2CSCCN2)CCCCC1.Cl. The summed E-state index contributed by atoms with van der Waals surface area (Å²) in [5.74, 6) is 2.12. The van der Waals surface area contributed by atoms with Gasteiger partial charge >= 0.3 is 0 Å². The fourth-order valence-electron chi connectivity index (χ4n) is 3.40. The maximum atomic E-state index is 12.7. The molecule has 140 valence electrons. The summed E-state index contributed by atoms with van der Waals surface area (Å²) < 4.78 is 0. The first-order chi connectivity index (χ1) is 11.2. The molecule has 0 spiro atoms. The predicted molar refractivity (Wildman–Crippen MR) is 103 cm³/mol. The van der Waals surface area contributed by atoms with Crippen molar-refractivity contribution in [1.82, 2.24) is 16.0 Å². The van der Waals surface area contributed by atoms with E-state index in [0.29, 0.717) is 13.0 Å². The number of nitrogens with one attached hydrogen (secondary N) is 3. The predicted octanol–water partition coefficient (Wildman–Crippen LogP) is 2.24. The number of hydrogen-bond donors (Lipinski definition) is 3. The van der Waals surface area contributed by atoms with E-state index in [-0.39, 0.29) is 30.3 Å². The van der Waals surface area contributed by atoms with Gasteiger partial charge in [0.05, 0.1) is 0 Å². The van der Waals surface area contributed by atoms with E-state index in [1.165, 1.54) is 0 Å². The van der Waals surface area contributed by atoms with Crippen molar-refractivity contribution in [3.63, 3.8) is 0 Å². The zero-order chi connectivity index (χ0) is 16.5. The van der Waals surface area contributed by atoms with Crippen molar-refractivity contribution in [1.29, 1.82) is 0 Å². The van der Waals surface area contributed by atoms with Gasteiger partial charge in [0, 0.05) is 37.1 Å². The lowest BCUT2D eigenvalue weighted by molar-refractivity contribution is -0.135. The number of unbranched alkanes of at least 4 members (excludes halogenated alkanes) is 1. The molecule has 1 atom stereocenters. The Bertz CT molecular complexity index is 397. The monoisotopic (exact) mass is 377 g/mol. The molecule has 0 aromatic heterocycles. The standard InChI is InChI=1S/C17H31N3O2S.ClH/c1-2-3-9-19-16(22)17(7-5-4-6-8-17)20-15(21)12-14-13-23-11-10-18-14;/h14,18H,2-13H2,1H3,(H,19,22)(H,20,21);1H. The van der Waals surface area contributed by atoms with Crippen molar-refractivity contribution >= 4 is 36.0 Å². The maximum absolute atomic E-state index is 12.7. The third-order valence-electron chi connectivity index (χ3n) is 4.77. The van der Waals surface area contributed by atoms with Gasteiger partial charge in [-0.25, -0.2) is 0 Å². The molecular formula is C17H32ClN3O2S. The van der Waals surface area contributed by atoms with E-state index in [0.717, 1.165) is 63.0 Å². The molecule has 7 heteroatoms. The van der Waals surface area contributed by atoms with Crippen LogP contribution in [0.25, 0.3) is 0 Å². The summed E-state index contributed by atoms with van der Waals surface area (Å²) in [4.78, 5) is 25.2. The van der Waals surface area contributed by atoms with Gasteiger partial charge in [-0.05, 0) is 19.3 Å². The van der Waals surface area contributed by atoms with Crippen LogP contribution in [0.15, 0.2) is 0 Å². The second-order valence-corrected chi connectivity index (χ2v) is 7.88. The first-order valence-corrected chi connectivity index (χ1v) is 10.2. The molecule has 1 aliphatic carbocycles. The molecule has 3 N–H and O–H groups in total. The summed E-state index contributed by atoms with van der Waals surface area (Å²) in [6.07, 6.45) is 7.23. The summed E-state index contributed by atoms with van der Waals surface area (Å²) in [6, 6.07) is 0.234. The summed E-state index contributed by atoms with van der Waals surface area (Å²) in [5, 5.41) is 9.52. The molecule has 5 nitrogen and oxygen atoms in total. The molecule has 2 amide bonds. The minimum absolute atomic E-state index is 0. The molecule has 2 fully saturated rings. The van der Waals surface area contributed by atoms with E-state index in [4.69, 9.17) is 0 Å². The van der Waals surface area contributed by atoms with Gasteiger partial charge < -0.3 is 16.0 Å². The zero-order valence-electron chi connectivity index (χ0n) is 14.7. The maximum Gasteiger partial charge on any atom is 0.245 e. The largest absolute Gasteiger partial charge is 0.354 e. The molecule has 1 unspecified atom stereocenters. The smallest absolute Gasteiger partial charge is 0.245 e. The lowest BCUT2D eigenvalue weighted by Gasteiger charge is -2.37. The lowest BCUT2D eigenvalue weighted by Crippen LogP contribution is -2.60. The van der Waals surface area contributed by atoms with E-state index in [1.807, 2.05) is 11.8 Å². The second-order valence-electron chi connectivity index (χ2n) is 6.73. The van der Waals surface area contributed by atoms with Gasteiger partial charge in [0.15, 0.2) is 0 Å². The van der Waals surface area contributed by atoms with Crippen LogP contribution < -0.4 is 16.0 Å². The Labute approximate surface area is 156 Å². The van der Waals surface area contributed by atoms with Gasteiger partial charge in [-0.3, -0.25) is 9.59 Å². The Morgan fingerprint density at radius 2 is 2.00 bits per heavy atom. The van der Waals surface area contributed by atoms with Crippen molar-refractivity contribution in [2.75, 3.05) is 24.6 Å². The number of halogens is 1. The highest BCUT2D eigenvalue weighted by atomic mass is 35.5. The molecule has 0 radical (unpaired) electrons. The molecule has 0 aromatic rings. The van der Waals surface area contributed by atoms with Gasteiger partial charge in [-0.1, -0.05) is 32.6 Å². The highest BCUT2D eigenvalue weighted by Crippen LogP contribution is 2.29. The van der Waals surface area contributed by atoms with Crippen LogP contribution in [-0.4, -0.2) is 48.0 Å². The normalized spacial score (nSPS) is 23.0. The number of carbonyl (C=O) groups is 2. The first-order valence-electron chi connectivity index (χ1n) is 9.07. The van der Waals surface area contributed by atoms with E-state index in [1.54, 1.807) is 0 Å². The van der Waals surface area contributed by atoms with Gasteiger partial charge in [0.25, 0.3) is 0 Å². The molecular weight excluding hydrogens is 346 g/mol. The molecule has 2 aliphatic rings. The van der Waals surface area contributed by atoms with Crippen molar-refractivity contribution in [2.45, 2.75) is 69.9 Å². The van der Waals surface area contributed by atoms with Crippen LogP contribution in [0.5, 0.6) is 0 Å². The quantitative estimate of drug-likeness (QED) is 0.595. The number of thioether (sulfide) groups is 1. The summed E-state index contributed by atoms with van der Waals surface area (Å²) >= 11 is 1.89. The molecule has 1 saturated heterocycles. The average molecular weight is 378 g/mol. The number of rotatable bonds is 7. The van der Waals surface area contributed by atoms with Crippen molar-refractivity contribution in [3.8, 4) is 0 Å². The Hall–Kier alpha value is -0.460. The van der Waals surface area contributed by atoms with Crippen LogP contribution in [0, 0.1) is 0 Å². The van der Waals surface area contributed by atoms with Crippen LogP contribution in [-0.2, 0) is 9.59 Å². The van der Waals surface area contributed by atoms with E-state index < -0.39 is 5.54 Å². The molecule has 0 bridgehead atoms. The lowest BCUT2D eigenvalue weighted by atomic mass is 9.80. The van der Waals surface area contributed by atoms with Gasteiger partial charge in [-0.15, -0.1) is 12.4 Å². The van der Waals surface area contributed by atoms with E-state index in [9.17, 15) is 9.59 Å². The Balaban J connectivity index is 0.00000288. The minimum atomic E-state index is -0.676. The van der Waals surface area contributed by atoms with Crippen LogP contribution in [0.4, 0.5) is 0 Å². The number of carbonyl (C=O) groups excluding carboxylic acids is 2. The highest BCUT2D eigenvalue weighted by molar-refractivity contribution is 7.99. The number of amides is 2. The van der Waals surface area contributed by atoms with Crippen molar-refractivity contribution in [2.24, 2.45) is 0 Å². The Morgan fingerprint density at radius 1 is 1.25 bits per heavy atom. The topological polar surface area (TPSA) is 70.2 Å². The summed E-state index contributed by atoms with van der Waals surface area (Å²) in [6.45, 7) is 3.78. The average Bonchev–Trinajstić information content (AvgIpc) is 2.56.